The van der Waals surface area contributed by atoms with Crippen LogP contribution in [-0.2, 0) is 65.2 Å². The number of dihydropyridines is 1. The first-order chi connectivity index (χ1) is 51.0. The minimum Gasteiger partial charge on any atom is -0.491 e. The van der Waals surface area contributed by atoms with Crippen LogP contribution in [0.1, 0.15) is 105 Å². The number of hydrogen-bond acceptors (Lipinski definition) is 20. The van der Waals surface area contributed by atoms with Crippen molar-refractivity contribution in [3.05, 3.63) is 164 Å². The summed E-state index contributed by atoms with van der Waals surface area (Å²) < 4.78 is 44.2. The molecule has 0 spiro atoms. The van der Waals surface area contributed by atoms with Gasteiger partial charge in [-0.3, -0.25) is 29.0 Å². The van der Waals surface area contributed by atoms with E-state index in [1.54, 1.807) is 60.8 Å². The molecule has 4 unspecified atom stereocenters. The van der Waals surface area contributed by atoms with Gasteiger partial charge in [-0.25, -0.2) is 14.6 Å². The number of alkyl carbamates (subject to hydrolysis) is 2. The molecule has 31 heteroatoms. The van der Waals surface area contributed by atoms with E-state index in [2.05, 4.69) is 58.6 Å². The second kappa shape index (κ2) is 50.8. The summed E-state index contributed by atoms with van der Waals surface area (Å²) in [6, 6.07) is 25.6. The molecule has 4 aromatic carbocycles. The van der Waals surface area contributed by atoms with E-state index < -0.39 is 60.6 Å². The molecule has 2 heterocycles. The van der Waals surface area contributed by atoms with Crippen LogP contribution in [0.4, 0.5) is 15.4 Å². The van der Waals surface area contributed by atoms with Gasteiger partial charge in [-0.2, -0.15) is 0 Å². The fourth-order valence-corrected chi connectivity index (χ4v) is 11.5. The van der Waals surface area contributed by atoms with E-state index in [1.165, 1.54) is 18.2 Å². The van der Waals surface area contributed by atoms with E-state index in [-0.39, 0.29) is 140 Å². The molecule has 105 heavy (non-hydrogen) atoms. The quantitative estimate of drug-likeness (QED) is 0.0162. The molecule has 1 aliphatic rings. The normalized spacial score (nSPS) is 12.8. The van der Waals surface area contributed by atoms with Gasteiger partial charge in [0.15, 0.2) is 0 Å². The van der Waals surface area contributed by atoms with Crippen molar-refractivity contribution in [1.29, 1.82) is 0 Å². The molecular weight excluding hydrogens is 1440 g/mol. The van der Waals surface area contributed by atoms with Crippen molar-refractivity contribution in [3.63, 3.8) is 0 Å². The number of rotatable bonds is 52. The van der Waals surface area contributed by atoms with Gasteiger partial charge in [0, 0.05) is 91.3 Å². The molecule has 0 fully saturated rings. The number of carbonyl (C=O) groups excluding carboxylic acids is 6. The van der Waals surface area contributed by atoms with E-state index in [9.17, 15) is 43.8 Å². The first kappa shape index (κ1) is 85.4. The van der Waals surface area contributed by atoms with Crippen LogP contribution in [0.15, 0.2) is 126 Å². The predicted octanol–water partition coefficient (Wildman–Crippen LogP) is 9.48. The lowest BCUT2D eigenvalue weighted by Gasteiger charge is -2.24. The Morgan fingerprint density at radius 2 is 0.943 bits per heavy atom. The minimum atomic E-state index is -1.16. The molecule has 5 aromatic rings. The van der Waals surface area contributed by atoms with Crippen molar-refractivity contribution >= 4 is 99.8 Å². The Bertz CT molecular complexity index is 3460. The SMILES string of the molecule is O=C(O)CC(NC(=O)C(Cc1ccc(OCCOCCOCCOC(=O)NCCCCNC(=O)OCCOCCOCCOc2ccc(CC(NC(=O)CCCCNC3=NCCC=C3)C(=O)NC(CCO)c3cc(Cl)cc(Cl)c3)cc2)cc1)NC(=O)CCCCNc1ccccn1)c1cc(Cl)cc(Cl)c1. The number of carboxylic acid groups (broad SMARTS) is 1. The molecule has 6 amide bonds. The first-order valence-electron chi connectivity index (χ1n) is 35.1. The molecule has 27 nitrogen and oxygen atoms in total. The highest BCUT2D eigenvalue weighted by Crippen LogP contribution is 2.28. The van der Waals surface area contributed by atoms with Crippen molar-refractivity contribution in [2.24, 2.45) is 4.99 Å². The zero-order valence-electron chi connectivity index (χ0n) is 58.7. The number of anilines is 1. The second-order valence-corrected chi connectivity index (χ2v) is 25.7. The lowest BCUT2D eigenvalue weighted by molar-refractivity contribution is -0.138. The van der Waals surface area contributed by atoms with Crippen molar-refractivity contribution in [3.8, 4) is 11.5 Å². The van der Waals surface area contributed by atoms with Gasteiger partial charge >= 0.3 is 18.2 Å². The smallest absolute Gasteiger partial charge is 0.407 e. The zero-order valence-corrected chi connectivity index (χ0v) is 61.7. The zero-order chi connectivity index (χ0) is 75.1. The Hall–Kier alpha value is -8.51. The molecule has 1 aliphatic heterocycles. The van der Waals surface area contributed by atoms with Crippen LogP contribution in [0.3, 0.4) is 0 Å². The number of hydrogen-bond donors (Lipinski definition) is 10. The number of pyridine rings is 1. The third-order valence-electron chi connectivity index (χ3n) is 15.6. The summed E-state index contributed by atoms with van der Waals surface area (Å²) in [5.74, 6) is -0.0989. The number of aliphatic carboxylic acids is 1. The standard InChI is InChI=1S/C74H96Cl4N10O17/c75-56-45-54(46-57(76)49-56)62(23-30-89)87-71(94)64(85-68(90)13-3-7-26-81-66-11-1-5-24-79-66)43-52-15-19-60(20-16-52)102-39-35-98-31-33-100-37-41-104-73(96)83-28-9-10-29-84-74(97)105-42-38-101-34-32-99-36-40-103-61-21-17-53(18-22-61)44-65(86-69(91)14-4-8-27-82-67-12-2-6-25-80-67)72(95)88-63(51-70(92)93)55-47-58(77)50-59(78)48-55/h1-2,6,11-12,15-22,25,45-50,62-65,89H,3-5,7-10,13-14,23-24,26-44,51H2,(H,79,81)(H,80,82)(H,83,96)(H,84,97)(H,85,90)(H,86,91)(H,87,94)(H,88,95)(H,92,93). The van der Waals surface area contributed by atoms with E-state index in [0.29, 0.717) is 96.5 Å². The molecule has 572 valence electrons. The van der Waals surface area contributed by atoms with Crippen LogP contribution in [0, 0.1) is 0 Å². The number of amides is 6. The fraction of sp³-hybridized carbons (Fsp3) is 0.473. The van der Waals surface area contributed by atoms with Gasteiger partial charge in [-0.15, -0.1) is 0 Å². The highest BCUT2D eigenvalue weighted by Gasteiger charge is 2.28. The van der Waals surface area contributed by atoms with Crippen LogP contribution in [0.5, 0.6) is 11.5 Å². The number of unbranched alkanes of at least 4 members (excludes halogenated alkanes) is 3. The van der Waals surface area contributed by atoms with Crippen LogP contribution in [0.25, 0.3) is 0 Å². The van der Waals surface area contributed by atoms with Gasteiger partial charge in [0.2, 0.25) is 23.6 Å². The highest BCUT2D eigenvalue weighted by molar-refractivity contribution is 6.35. The Labute approximate surface area is 632 Å². The Morgan fingerprint density at radius 1 is 0.495 bits per heavy atom. The summed E-state index contributed by atoms with van der Waals surface area (Å²) in [5, 5.41) is 44.2. The molecule has 0 aliphatic carbocycles. The first-order valence-corrected chi connectivity index (χ1v) is 36.6. The van der Waals surface area contributed by atoms with Gasteiger partial charge < -0.3 is 90.6 Å². The Morgan fingerprint density at radius 3 is 1.39 bits per heavy atom. The molecule has 0 saturated heterocycles. The van der Waals surface area contributed by atoms with Crippen LogP contribution < -0.4 is 52.0 Å². The van der Waals surface area contributed by atoms with Gasteiger partial charge in [0.1, 0.15) is 61.7 Å². The number of ether oxygens (including phenoxy) is 8. The average molecular weight is 1540 g/mol. The van der Waals surface area contributed by atoms with Gasteiger partial charge in [-0.05, 0) is 152 Å². The summed E-state index contributed by atoms with van der Waals surface area (Å²) in [6.07, 6.45) is 9.55. The van der Waals surface area contributed by atoms with Gasteiger partial charge in [0.05, 0.1) is 71.4 Å². The predicted molar refractivity (Wildman–Crippen MR) is 399 cm³/mol. The van der Waals surface area contributed by atoms with Crippen LogP contribution in [-0.4, -0.2) is 194 Å². The second-order valence-electron chi connectivity index (χ2n) is 24.0. The number of carboxylic acids is 1. The summed E-state index contributed by atoms with van der Waals surface area (Å²) in [5.41, 5.74) is 2.51. The lowest BCUT2D eigenvalue weighted by Crippen LogP contribution is -2.49. The average Bonchev–Trinajstić information content (AvgIpc) is 0.847. The summed E-state index contributed by atoms with van der Waals surface area (Å²) in [6.45, 7) is 4.98. The maximum atomic E-state index is 13.9. The molecule has 0 radical (unpaired) electrons. The molecular formula is C74H96Cl4N10O17. The molecule has 10 N–H and O–H groups in total. The largest absolute Gasteiger partial charge is 0.491 e. The number of amidine groups is 1. The number of nitrogens with one attached hydrogen (secondary N) is 8. The number of aliphatic hydroxyl groups excluding tert-OH is 1. The third-order valence-corrected chi connectivity index (χ3v) is 16.5. The number of aliphatic imine (C=N–C) groups is 1. The van der Waals surface area contributed by atoms with E-state index >= 15 is 0 Å². The van der Waals surface area contributed by atoms with Crippen molar-refractivity contribution in [2.75, 3.05) is 124 Å². The summed E-state index contributed by atoms with van der Waals surface area (Å²) in [7, 11) is 0. The highest BCUT2D eigenvalue weighted by atomic mass is 35.5. The van der Waals surface area contributed by atoms with E-state index in [0.717, 1.165) is 36.6 Å². The molecule has 0 saturated carbocycles. The molecule has 4 atom stereocenters. The molecule has 0 bridgehead atoms. The molecule has 6 rings (SSSR count). The van der Waals surface area contributed by atoms with Crippen LogP contribution >= 0.6 is 46.4 Å². The number of aromatic nitrogens is 1. The maximum Gasteiger partial charge on any atom is 0.407 e. The third kappa shape index (κ3) is 37.3. The fourth-order valence-electron chi connectivity index (χ4n) is 10.4. The van der Waals surface area contributed by atoms with Crippen molar-refractivity contribution < 1.29 is 81.7 Å². The van der Waals surface area contributed by atoms with E-state index in [4.69, 9.17) is 84.3 Å². The van der Waals surface area contributed by atoms with Gasteiger partial charge in [-0.1, -0.05) is 82.8 Å². The summed E-state index contributed by atoms with van der Waals surface area (Å²) in [4.78, 5) is 99.0. The topological polar surface area (TPSA) is 355 Å². The number of aliphatic hydroxyl groups is 1. The minimum absolute atomic E-state index is 0.0315. The van der Waals surface area contributed by atoms with Crippen molar-refractivity contribution in [1.82, 2.24) is 42.2 Å². The number of benzene rings is 4. The number of nitrogens with zero attached hydrogens (tertiary/aromatic N) is 2. The lowest BCUT2D eigenvalue weighted by atomic mass is 10.0. The van der Waals surface area contributed by atoms with Crippen LogP contribution in [0.2, 0.25) is 20.1 Å². The maximum absolute atomic E-state index is 13.9. The van der Waals surface area contributed by atoms with Crippen molar-refractivity contribution in [2.45, 2.75) is 108 Å². The van der Waals surface area contributed by atoms with E-state index in [1.807, 2.05) is 36.4 Å². The molecule has 1 aromatic heterocycles. The number of carbonyl (C=O) groups is 7. The monoisotopic (exact) mass is 1540 g/mol. The van der Waals surface area contributed by atoms with Gasteiger partial charge in [0.25, 0.3) is 0 Å². The summed E-state index contributed by atoms with van der Waals surface area (Å²) >= 11 is 25.0. The Kier molecular flexibility index (Phi) is 41.4. The Balaban J connectivity index is 0.743. The number of halogens is 4.